The number of carbonyl (C=O) groups excluding carboxylic acids is 1. The fraction of sp³-hybridized carbons (Fsp3) is 0.333. The molecular weight excluding hydrogens is 164 g/mol. The van der Waals surface area contributed by atoms with E-state index in [1.165, 1.54) is 0 Å². The smallest absolute Gasteiger partial charge is 0.177 e. The second-order valence-corrected chi connectivity index (χ2v) is 2.08. The van der Waals surface area contributed by atoms with Crippen molar-refractivity contribution in [2.45, 2.75) is 0 Å². The first-order chi connectivity index (χ1) is 5.25. The molecule has 1 heterocycles. The van der Waals surface area contributed by atoms with Crippen LogP contribution in [0, 0.1) is 4.77 Å². The fourth-order valence-electron chi connectivity index (χ4n) is 0.560. The third kappa shape index (κ3) is 2.28. The summed E-state index contributed by atoms with van der Waals surface area (Å²) < 4.78 is 2.18. The molecule has 0 aliphatic carbocycles. The highest BCUT2D eigenvalue weighted by atomic mass is 32.1. The number of aromatic nitrogens is 2. The van der Waals surface area contributed by atoms with Gasteiger partial charge in [-0.2, -0.15) is 0 Å². The number of aliphatic hydroxyl groups is 1. The molecule has 0 aromatic carbocycles. The van der Waals surface area contributed by atoms with Crippen molar-refractivity contribution in [1.82, 2.24) is 9.55 Å². The zero-order valence-corrected chi connectivity index (χ0v) is 7.18. The predicted molar refractivity (Wildman–Crippen MR) is 44.1 cm³/mol. The molecule has 1 rings (SSSR count). The maximum Gasteiger partial charge on any atom is 0.177 e. The second-order valence-electron chi connectivity index (χ2n) is 1.70. The van der Waals surface area contributed by atoms with Crippen molar-refractivity contribution >= 4 is 18.5 Å². The van der Waals surface area contributed by atoms with Gasteiger partial charge in [-0.15, -0.1) is 0 Å². The molecule has 1 aromatic rings. The Balaban J connectivity index is 0.000000461. The van der Waals surface area contributed by atoms with E-state index in [-0.39, 0.29) is 0 Å². The lowest BCUT2D eigenvalue weighted by Gasteiger charge is -1.87. The number of aromatic amines is 1. The third-order valence-corrected chi connectivity index (χ3v) is 1.55. The van der Waals surface area contributed by atoms with Gasteiger partial charge in [0.1, 0.15) is 0 Å². The van der Waals surface area contributed by atoms with Gasteiger partial charge in [0.25, 0.3) is 0 Å². The number of hydrogen-bond acceptors (Lipinski definition) is 3. The summed E-state index contributed by atoms with van der Waals surface area (Å²) >= 11 is 4.79. The average molecular weight is 174 g/mol. The maximum absolute atomic E-state index is 10.2. The zero-order valence-electron chi connectivity index (χ0n) is 6.37. The lowest BCUT2D eigenvalue weighted by atomic mass is 10.5. The van der Waals surface area contributed by atoms with E-state index in [1.54, 1.807) is 17.8 Å². The van der Waals surface area contributed by atoms with Gasteiger partial charge in [0, 0.05) is 20.4 Å². The van der Waals surface area contributed by atoms with E-state index in [0.29, 0.717) is 10.5 Å². The monoisotopic (exact) mass is 174 g/mol. The van der Waals surface area contributed by atoms with Crippen LogP contribution >= 0.6 is 12.2 Å². The number of H-pyrrole nitrogens is 1. The van der Waals surface area contributed by atoms with Crippen molar-refractivity contribution in [3.05, 3.63) is 16.7 Å². The highest BCUT2D eigenvalue weighted by Crippen LogP contribution is 1.92. The Morgan fingerprint density at radius 1 is 1.73 bits per heavy atom. The number of nitrogens with one attached hydrogen (secondary N) is 1. The number of rotatable bonds is 1. The molecule has 0 amide bonds. The van der Waals surface area contributed by atoms with Crippen molar-refractivity contribution in [1.29, 1.82) is 0 Å². The van der Waals surface area contributed by atoms with Gasteiger partial charge in [-0.05, 0) is 12.2 Å². The largest absolute Gasteiger partial charge is 0.400 e. The number of imidazole rings is 1. The van der Waals surface area contributed by atoms with E-state index >= 15 is 0 Å². The summed E-state index contributed by atoms with van der Waals surface area (Å²) in [6, 6.07) is 0. The first-order valence-electron chi connectivity index (χ1n) is 2.90. The molecule has 0 bridgehead atoms. The minimum absolute atomic E-state index is 0.567. The second kappa shape index (κ2) is 4.81. The molecule has 2 N–H and O–H groups in total. The summed E-state index contributed by atoms with van der Waals surface area (Å²) in [5, 5.41) is 7.00. The third-order valence-electron chi connectivity index (χ3n) is 1.16. The van der Waals surface area contributed by atoms with Crippen LogP contribution in [0.15, 0.2) is 6.20 Å². The van der Waals surface area contributed by atoms with Crippen LogP contribution in [-0.2, 0) is 7.05 Å². The predicted octanol–water partition coefficient (Wildman–Crippen LogP) is 0.504. The average Bonchev–Trinajstić information content (AvgIpc) is 2.37. The Morgan fingerprint density at radius 3 is 2.45 bits per heavy atom. The molecule has 0 atom stereocenters. The van der Waals surface area contributed by atoms with Crippen molar-refractivity contribution < 1.29 is 9.90 Å². The summed E-state index contributed by atoms with van der Waals surface area (Å²) in [4.78, 5) is 12.9. The van der Waals surface area contributed by atoms with Crippen LogP contribution < -0.4 is 0 Å². The van der Waals surface area contributed by atoms with E-state index in [9.17, 15) is 4.79 Å². The van der Waals surface area contributed by atoms with Crippen LogP contribution in [0.3, 0.4) is 0 Å². The lowest BCUT2D eigenvalue weighted by Crippen LogP contribution is -1.92. The molecule has 0 aliphatic heterocycles. The minimum Gasteiger partial charge on any atom is -0.400 e. The number of hydrogen-bond donors (Lipinski definition) is 2. The van der Waals surface area contributed by atoms with Crippen LogP contribution in [0.4, 0.5) is 0 Å². The highest BCUT2D eigenvalue weighted by molar-refractivity contribution is 7.71. The van der Waals surface area contributed by atoms with Crippen molar-refractivity contribution in [3.8, 4) is 0 Å². The summed E-state index contributed by atoms with van der Waals surface area (Å²) in [6.07, 6.45) is 2.33. The van der Waals surface area contributed by atoms with Gasteiger partial charge in [-0.1, -0.05) is 0 Å². The number of carbonyl (C=O) groups is 1. The number of aliphatic hydroxyl groups excluding tert-OH is 1. The molecule has 11 heavy (non-hydrogen) atoms. The fourth-order valence-corrected chi connectivity index (χ4v) is 0.724. The first-order valence-corrected chi connectivity index (χ1v) is 3.31. The molecule has 0 fully saturated rings. The van der Waals surface area contributed by atoms with E-state index in [1.807, 2.05) is 0 Å². The number of aldehydes is 1. The van der Waals surface area contributed by atoms with Gasteiger partial charge in [-0.3, -0.25) is 4.79 Å². The molecule has 0 saturated carbocycles. The van der Waals surface area contributed by atoms with E-state index in [2.05, 4.69) is 4.98 Å². The van der Waals surface area contributed by atoms with Gasteiger partial charge in [0.15, 0.2) is 11.1 Å². The summed E-state index contributed by atoms with van der Waals surface area (Å²) in [5.41, 5.74) is 0.569. The van der Waals surface area contributed by atoms with Crippen LogP contribution in [0.25, 0.3) is 0 Å². The molecule has 0 aliphatic rings. The Kier molecular flexibility index (Phi) is 4.40. The summed E-state index contributed by atoms with van der Waals surface area (Å²) in [5.74, 6) is 0. The van der Waals surface area contributed by atoms with Gasteiger partial charge >= 0.3 is 0 Å². The Labute approximate surface area is 69.5 Å². The minimum atomic E-state index is 0.567. The Hall–Kier alpha value is -0.940. The molecular formula is C6H10N2O2S. The van der Waals surface area contributed by atoms with Gasteiger partial charge in [-0.25, -0.2) is 0 Å². The van der Waals surface area contributed by atoms with Gasteiger partial charge < -0.3 is 14.7 Å². The molecule has 0 radical (unpaired) electrons. The van der Waals surface area contributed by atoms with Crippen molar-refractivity contribution in [2.24, 2.45) is 7.05 Å². The molecule has 0 saturated heterocycles. The topological polar surface area (TPSA) is 58.0 Å². The maximum atomic E-state index is 10.2. The lowest BCUT2D eigenvalue weighted by molar-refractivity contribution is 0.111. The molecule has 5 heteroatoms. The first kappa shape index (κ1) is 10.1. The molecule has 0 spiro atoms. The number of nitrogens with zero attached hydrogens (tertiary/aromatic N) is 1. The van der Waals surface area contributed by atoms with Crippen LogP contribution in [0.5, 0.6) is 0 Å². The molecule has 1 aromatic heterocycles. The molecule has 4 nitrogen and oxygen atoms in total. The van der Waals surface area contributed by atoms with E-state index in [4.69, 9.17) is 17.3 Å². The van der Waals surface area contributed by atoms with Gasteiger partial charge in [0.05, 0.1) is 5.69 Å². The normalized spacial score (nSPS) is 8.27. The quantitative estimate of drug-likeness (QED) is 0.481. The standard InChI is InChI=1S/C5H6N2OS.CH4O/c1-7-4(3-8)2-6-5(7)9;1-2/h2-3H,1H3,(H,6,9);2H,1H3. The Bertz CT molecular complexity index is 276. The molecule has 62 valence electrons. The van der Waals surface area contributed by atoms with Gasteiger partial charge in [0.2, 0.25) is 0 Å². The summed E-state index contributed by atoms with van der Waals surface area (Å²) in [6.45, 7) is 0. The van der Waals surface area contributed by atoms with Crippen LogP contribution in [-0.4, -0.2) is 28.1 Å². The zero-order chi connectivity index (χ0) is 8.85. The van der Waals surface area contributed by atoms with Crippen LogP contribution in [0.2, 0.25) is 0 Å². The summed E-state index contributed by atoms with van der Waals surface area (Å²) in [7, 11) is 2.74. The van der Waals surface area contributed by atoms with Crippen molar-refractivity contribution in [3.63, 3.8) is 0 Å². The highest BCUT2D eigenvalue weighted by Gasteiger charge is 1.93. The van der Waals surface area contributed by atoms with Crippen molar-refractivity contribution in [2.75, 3.05) is 7.11 Å². The van der Waals surface area contributed by atoms with E-state index in [0.717, 1.165) is 13.4 Å². The SMILES string of the molecule is CO.Cn1c(C=O)c[nH]c1=S. The Morgan fingerprint density at radius 2 is 2.27 bits per heavy atom. The van der Waals surface area contributed by atoms with Crippen LogP contribution in [0.1, 0.15) is 10.5 Å². The van der Waals surface area contributed by atoms with E-state index < -0.39 is 0 Å². The molecule has 0 unspecified atom stereocenters.